The number of piperidine rings is 1. The predicted molar refractivity (Wildman–Crippen MR) is 89.5 cm³/mol. The van der Waals surface area contributed by atoms with Crippen LogP contribution in [0, 0.1) is 6.92 Å². The molecule has 2 heterocycles. The molecule has 7 heteroatoms. The van der Waals surface area contributed by atoms with Gasteiger partial charge in [0.2, 0.25) is 5.91 Å². The summed E-state index contributed by atoms with van der Waals surface area (Å²) in [6.07, 6.45) is 2.69. The summed E-state index contributed by atoms with van der Waals surface area (Å²) in [6.45, 7) is 2.34. The van der Waals surface area contributed by atoms with Crippen molar-refractivity contribution in [1.82, 2.24) is 20.4 Å². The zero-order valence-corrected chi connectivity index (χ0v) is 14.3. The second-order valence-corrected chi connectivity index (χ2v) is 6.46. The van der Waals surface area contributed by atoms with Crippen molar-refractivity contribution in [3.8, 4) is 5.69 Å². The zero-order chi connectivity index (χ0) is 16.4. The van der Waals surface area contributed by atoms with Crippen molar-refractivity contribution < 1.29 is 9.59 Å². The highest BCUT2D eigenvalue weighted by atomic mass is 79.9. The number of carbonyl (C=O) groups is 2. The van der Waals surface area contributed by atoms with Gasteiger partial charge in [0.15, 0.2) is 0 Å². The molecule has 6 nitrogen and oxygen atoms in total. The first-order valence-electron chi connectivity index (χ1n) is 7.42. The van der Waals surface area contributed by atoms with Gasteiger partial charge in [0.05, 0.1) is 23.1 Å². The fraction of sp³-hybridized carbons (Fsp3) is 0.312. The number of aromatic nitrogens is 2. The van der Waals surface area contributed by atoms with Crippen molar-refractivity contribution >= 4 is 27.7 Å². The highest BCUT2D eigenvalue weighted by molar-refractivity contribution is 9.10. The average molecular weight is 377 g/mol. The summed E-state index contributed by atoms with van der Waals surface area (Å²) in [5, 5.41) is 10.0. The number of amides is 2. The minimum Gasteiger partial charge on any atom is -0.354 e. The molecule has 1 unspecified atom stereocenters. The average Bonchev–Trinajstić information content (AvgIpc) is 2.92. The van der Waals surface area contributed by atoms with Crippen LogP contribution in [0.25, 0.3) is 5.69 Å². The zero-order valence-electron chi connectivity index (χ0n) is 12.7. The number of halogens is 1. The number of benzene rings is 1. The first kappa shape index (κ1) is 15.7. The number of hydrogen-bond acceptors (Lipinski definition) is 3. The van der Waals surface area contributed by atoms with Gasteiger partial charge >= 0.3 is 0 Å². The van der Waals surface area contributed by atoms with Gasteiger partial charge in [-0.1, -0.05) is 15.9 Å². The normalized spacial score (nSPS) is 17.7. The monoisotopic (exact) mass is 376 g/mol. The Morgan fingerprint density at radius 2 is 2.13 bits per heavy atom. The first-order valence-corrected chi connectivity index (χ1v) is 8.22. The largest absolute Gasteiger partial charge is 0.354 e. The van der Waals surface area contributed by atoms with E-state index in [1.807, 2.05) is 31.2 Å². The van der Waals surface area contributed by atoms with E-state index in [1.165, 1.54) is 0 Å². The van der Waals surface area contributed by atoms with E-state index in [0.717, 1.165) is 15.9 Å². The number of nitrogens with one attached hydrogen (secondary N) is 2. The Labute approximate surface area is 142 Å². The van der Waals surface area contributed by atoms with Crippen molar-refractivity contribution in [3.05, 3.63) is 46.2 Å². The summed E-state index contributed by atoms with van der Waals surface area (Å²) < 4.78 is 2.73. The summed E-state index contributed by atoms with van der Waals surface area (Å²) in [7, 11) is 0. The summed E-state index contributed by atoms with van der Waals surface area (Å²) in [6, 6.07) is 7.70. The molecule has 1 fully saturated rings. The van der Waals surface area contributed by atoms with Crippen molar-refractivity contribution in [1.29, 1.82) is 0 Å². The smallest absolute Gasteiger partial charge is 0.255 e. The van der Waals surface area contributed by atoms with Gasteiger partial charge in [0.25, 0.3) is 5.91 Å². The number of carbonyl (C=O) groups excluding carboxylic acids is 2. The quantitative estimate of drug-likeness (QED) is 0.859. The summed E-state index contributed by atoms with van der Waals surface area (Å²) in [5.41, 5.74) is 2.23. The Morgan fingerprint density at radius 1 is 1.39 bits per heavy atom. The van der Waals surface area contributed by atoms with Gasteiger partial charge in [0, 0.05) is 23.5 Å². The lowest BCUT2D eigenvalue weighted by Gasteiger charge is -2.23. The van der Waals surface area contributed by atoms with E-state index in [4.69, 9.17) is 0 Å². The summed E-state index contributed by atoms with van der Waals surface area (Å²) in [5.74, 6) is -0.123. The Kier molecular flexibility index (Phi) is 4.47. The van der Waals surface area contributed by atoms with E-state index >= 15 is 0 Å². The Morgan fingerprint density at radius 3 is 2.78 bits per heavy atom. The van der Waals surface area contributed by atoms with Crippen LogP contribution in [0.5, 0.6) is 0 Å². The molecular weight excluding hydrogens is 360 g/mol. The molecular formula is C16H17BrN4O2. The molecule has 1 aliphatic rings. The second kappa shape index (κ2) is 6.54. The van der Waals surface area contributed by atoms with E-state index in [-0.39, 0.29) is 17.9 Å². The van der Waals surface area contributed by atoms with Crippen LogP contribution in [0.2, 0.25) is 0 Å². The predicted octanol–water partition coefficient (Wildman–Crippen LogP) is 1.95. The molecule has 0 bridgehead atoms. The van der Waals surface area contributed by atoms with E-state index in [0.29, 0.717) is 24.9 Å². The molecule has 1 aromatic heterocycles. The lowest BCUT2D eigenvalue weighted by atomic mass is 10.1. The van der Waals surface area contributed by atoms with Gasteiger partial charge < -0.3 is 10.6 Å². The van der Waals surface area contributed by atoms with Crippen LogP contribution < -0.4 is 10.6 Å². The van der Waals surface area contributed by atoms with E-state index in [1.54, 1.807) is 10.9 Å². The van der Waals surface area contributed by atoms with Crippen molar-refractivity contribution in [2.45, 2.75) is 25.8 Å². The van der Waals surface area contributed by atoms with Crippen LogP contribution in [-0.2, 0) is 4.79 Å². The maximum absolute atomic E-state index is 12.4. The highest BCUT2D eigenvalue weighted by Crippen LogP contribution is 2.17. The maximum Gasteiger partial charge on any atom is 0.255 e. The van der Waals surface area contributed by atoms with Crippen molar-refractivity contribution in [3.63, 3.8) is 0 Å². The molecule has 2 aromatic rings. The van der Waals surface area contributed by atoms with Crippen LogP contribution >= 0.6 is 15.9 Å². The fourth-order valence-electron chi connectivity index (χ4n) is 2.59. The molecule has 120 valence electrons. The third kappa shape index (κ3) is 3.44. The Bertz CT molecular complexity index is 729. The van der Waals surface area contributed by atoms with E-state index in [9.17, 15) is 9.59 Å². The lowest BCUT2D eigenvalue weighted by Crippen LogP contribution is -2.47. The molecule has 0 aliphatic carbocycles. The third-order valence-electron chi connectivity index (χ3n) is 3.93. The van der Waals surface area contributed by atoms with Gasteiger partial charge in [0.1, 0.15) is 0 Å². The number of hydrogen-bond donors (Lipinski definition) is 2. The Hall–Kier alpha value is -2.15. The minimum atomic E-state index is -0.160. The number of rotatable bonds is 3. The van der Waals surface area contributed by atoms with E-state index < -0.39 is 0 Å². The summed E-state index contributed by atoms with van der Waals surface area (Å²) in [4.78, 5) is 23.6. The van der Waals surface area contributed by atoms with Gasteiger partial charge in [-0.05, 0) is 37.6 Å². The van der Waals surface area contributed by atoms with Gasteiger partial charge in [-0.3, -0.25) is 9.59 Å². The molecule has 1 saturated heterocycles. The third-order valence-corrected chi connectivity index (χ3v) is 4.45. The van der Waals surface area contributed by atoms with Gasteiger partial charge in [-0.25, -0.2) is 4.68 Å². The molecule has 0 spiro atoms. The molecule has 2 N–H and O–H groups in total. The molecule has 0 radical (unpaired) electrons. The molecule has 3 rings (SSSR count). The van der Waals surface area contributed by atoms with Crippen LogP contribution in [0.1, 0.15) is 28.9 Å². The summed E-state index contributed by atoms with van der Waals surface area (Å²) >= 11 is 3.40. The topological polar surface area (TPSA) is 76.0 Å². The van der Waals surface area contributed by atoms with Crippen LogP contribution in [-0.4, -0.2) is 34.2 Å². The SMILES string of the molecule is Cc1c(C(=O)NC2CCC(=O)NC2)cnn1-c1ccc(Br)cc1. The highest BCUT2D eigenvalue weighted by Gasteiger charge is 2.22. The Balaban J connectivity index is 1.74. The first-order chi connectivity index (χ1) is 11.0. The minimum absolute atomic E-state index is 0.0318. The van der Waals surface area contributed by atoms with Gasteiger partial charge in [-0.2, -0.15) is 5.10 Å². The fourth-order valence-corrected chi connectivity index (χ4v) is 2.86. The molecule has 23 heavy (non-hydrogen) atoms. The number of nitrogens with zero attached hydrogens (tertiary/aromatic N) is 2. The molecule has 1 aliphatic heterocycles. The molecule has 0 saturated carbocycles. The second-order valence-electron chi connectivity index (χ2n) is 5.55. The van der Waals surface area contributed by atoms with Crippen LogP contribution in [0.4, 0.5) is 0 Å². The van der Waals surface area contributed by atoms with E-state index in [2.05, 4.69) is 31.7 Å². The standard InChI is InChI=1S/C16H17BrN4O2/c1-10-14(16(23)20-12-4-7-15(22)18-8-12)9-19-21(10)13-5-2-11(17)3-6-13/h2-3,5-6,9,12H,4,7-8H2,1H3,(H,18,22)(H,20,23). The van der Waals surface area contributed by atoms with Crippen LogP contribution in [0.15, 0.2) is 34.9 Å². The van der Waals surface area contributed by atoms with Crippen molar-refractivity contribution in [2.24, 2.45) is 0 Å². The molecule has 1 atom stereocenters. The molecule has 2 amide bonds. The lowest BCUT2D eigenvalue weighted by molar-refractivity contribution is -0.122. The maximum atomic E-state index is 12.4. The van der Waals surface area contributed by atoms with Crippen LogP contribution in [0.3, 0.4) is 0 Å². The van der Waals surface area contributed by atoms with Crippen molar-refractivity contribution in [2.75, 3.05) is 6.54 Å². The molecule has 1 aromatic carbocycles. The van der Waals surface area contributed by atoms with Gasteiger partial charge in [-0.15, -0.1) is 0 Å².